The van der Waals surface area contributed by atoms with Gasteiger partial charge in [-0.2, -0.15) is 0 Å². The topological polar surface area (TPSA) is 66.4 Å². The molecule has 0 saturated heterocycles. The predicted octanol–water partition coefficient (Wildman–Crippen LogP) is 3.24. The Kier molecular flexibility index (Phi) is 8.92. The van der Waals surface area contributed by atoms with E-state index in [1.165, 1.54) is 0 Å². The van der Waals surface area contributed by atoms with Crippen molar-refractivity contribution < 1.29 is 18.8 Å². The average Bonchev–Trinajstić information content (AvgIpc) is 2.27. The van der Waals surface area contributed by atoms with Gasteiger partial charge in [0.1, 0.15) is 0 Å². The standard InChI is InChI=1S/C12H21O4P/c1-4-6-8-11(9-7-5-2)10(3)12(13)16-17(14)15/h4-9H2,1-3H3. The van der Waals surface area contributed by atoms with Crippen LogP contribution in [0.4, 0.5) is 0 Å². The Morgan fingerprint density at radius 3 is 2.00 bits per heavy atom. The molecule has 5 heteroatoms. The van der Waals surface area contributed by atoms with E-state index in [9.17, 15) is 14.3 Å². The minimum absolute atomic E-state index is 0.450. The van der Waals surface area contributed by atoms with Crippen LogP contribution in [-0.2, 0) is 13.9 Å². The van der Waals surface area contributed by atoms with Gasteiger partial charge in [-0.15, -0.1) is 0 Å². The SMILES string of the molecule is CCCCC(CCCC)=C(C)C(=O)O[P+](=O)[O-]. The zero-order valence-corrected chi connectivity index (χ0v) is 11.7. The molecular formula is C12H21O4P. The molecule has 0 radical (unpaired) electrons. The summed E-state index contributed by atoms with van der Waals surface area (Å²) in [5, 5.41) is 0. The molecule has 17 heavy (non-hydrogen) atoms. The van der Waals surface area contributed by atoms with Crippen molar-refractivity contribution in [1.29, 1.82) is 0 Å². The second kappa shape index (κ2) is 9.32. The van der Waals surface area contributed by atoms with Gasteiger partial charge in [0.25, 0.3) is 0 Å². The largest absolute Gasteiger partial charge is 0.558 e. The summed E-state index contributed by atoms with van der Waals surface area (Å²) in [6.07, 6.45) is 5.79. The third-order valence-corrected chi connectivity index (χ3v) is 2.97. The molecule has 0 fully saturated rings. The maximum atomic E-state index is 11.5. The van der Waals surface area contributed by atoms with Crippen molar-refractivity contribution in [2.45, 2.75) is 59.3 Å². The van der Waals surface area contributed by atoms with E-state index in [1.54, 1.807) is 6.92 Å². The highest BCUT2D eigenvalue weighted by Crippen LogP contribution is 2.22. The van der Waals surface area contributed by atoms with Gasteiger partial charge in [0, 0.05) is 5.57 Å². The second-order valence-electron chi connectivity index (χ2n) is 4.04. The highest BCUT2D eigenvalue weighted by Gasteiger charge is 2.18. The molecule has 0 aliphatic rings. The molecule has 4 nitrogen and oxygen atoms in total. The van der Waals surface area contributed by atoms with Crippen LogP contribution in [0.25, 0.3) is 0 Å². The number of hydrogen-bond acceptors (Lipinski definition) is 4. The van der Waals surface area contributed by atoms with Gasteiger partial charge in [0.15, 0.2) is 0 Å². The van der Waals surface area contributed by atoms with Gasteiger partial charge >= 0.3 is 14.2 Å². The Balaban J connectivity index is 4.67. The van der Waals surface area contributed by atoms with Gasteiger partial charge in [0.05, 0.1) is 0 Å². The Morgan fingerprint density at radius 1 is 1.18 bits per heavy atom. The Labute approximate surface area is 104 Å². The monoisotopic (exact) mass is 260 g/mol. The number of carbonyl (C=O) groups excluding carboxylic acids is 1. The molecule has 1 unspecified atom stereocenters. The zero-order chi connectivity index (χ0) is 13.3. The summed E-state index contributed by atoms with van der Waals surface area (Å²) in [7, 11) is -3.11. The molecule has 98 valence electrons. The van der Waals surface area contributed by atoms with Crippen LogP contribution in [-0.4, -0.2) is 5.97 Å². The van der Waals surface area contributed by atoms with Crippen molar-refractivity contribution in [3.05, 3.63) is 11.1 Å². The van der Waals surface area contributed by atoms with Crippen LogP contribution in [0.2, 0.25) is 0 Å². The van der Waals surface area contributed by atoms with Crippen LogP contribution >= 0.6 is 8.25 Å². The van der Waals surface area contributed by atoms with Gasteiger partial charge in [-0.3, -0.25) is 0 Å². The molecule has 0 aromatic rings. The van der Waals surface area contributed by atoms with Crippen LogP contribution in [0.3, 0.4) is 0 Å². The lowest BCUT2D eigenvalue weighted by Crippen LogP contribution is -2.07. The summed E-state index contributed by atoms with van der Waals surface area (Å²) < 4.78 is 14.5. The maximum absolute atomic E-state index is 11.5. The van der Waals surface area contributed by atoms with Gasteiger partial charge < -0.3 is 4.89 Å². The molecule has 0 aromatic carbocycles. The van der Waals surface area contributed by atoms with Crippen molar-refractivity contribution in [1.82, 2.24) is 0 Å². The van der Waals surface area contributed by atoms with Crippen molar-refractivity contribution in [3.63, 3.8) is 0 Å². The predicted molar refractivity (Wildman–Crippen MR) is 65.4 cm³/mol. The van der Waals surface area contributed by atoms with Gasteiger partial charge in [-0.1, -0.05) is 32.3 Å². The van der Waals surface area contributed by atoms with E-state index in [-0.39, 0.29) is 0 Å². The van der Waals surface area contributed by atoms with Crippen molar-refractivity contribution >= 4 is 14.2 Å². The first-order valence-corrected chi connectivity index (χ1v) is 7.17. The van der Waals surface area contributed by atoms with Crippen LogP contribution in [0.5, 0.6) is 0 Å². The minimum Gasteiger partial charge on any atom is -0.558 e. The second-order valence-corrected chi connectivity index (χ2v) is 4.67. The lowest BCUT2D eigenvalue weighted by atomic mass is 9.98. The van der Waals surface area contributed by atoms with E-state index in [1.807, 2.05) is 0 Å². The number of rotatable bonds is 8. The van der Waals surface area contributed by atoms with Crippen molar-refractivity contribution in [3.8, 4) is 0 Å². The Bertz CT molecular complexity index is 287. The van der Waals surface area contributed by atoms with E-state index in [2.05, 4.69) is 18.4 Å². The quantitative estimate of drug-likeness (QED) is 0.496. The lowest BCUT2D eigenvalue weighted by Gasteiger charge is -2.09. The Hall–Kier alpha value is -0.730. The van der Waals surface area contributed by atoms with E-state index in [4.69, 9.17) is 0 Å². The normalized spacial score (nSPS) is 10.9. The summed E-state index contributed by atoms with van der Waals surface area (Å²) in [6.45, 7) is 5.81. The first kappa shape index (κ1) is 16.3. The fourth-order valence-corrected chi connectivity index (χ4v) is 1.83. The molecule has 0 bridgehead atoms. The van der Waals surface area contributed by atoms with Crippen molar-refractivity contribution in [2.75, 3.05) is 0 Å². The van der Waals surface area contributed by atoms with E-state index >= 15 is 0 Å². The number of hydrogen-bond donors (Lipinski definition) is 0. The van der Waals surface area contributed by atoms with Crippen LogP contribution < -0.4 is 4.89 Å². The first-order valence-electron chi connectivity index (χ1n) is 6.08. The molecule has 0 spiro atoms. The summed E-state index contributed by atoms with van der Waals surface area (Å²) in [6, 6.07) is 0. The molecule has 0 saturated carbocycles. The molecule has 0 heterocycles. The number of unbranched alkanes of at least 4 members (excludes halogenated alkanes) is 2. The summed E-state index contributed by atoms with van der Waals surface area (Å²) in [5.74, 6) is -0.733. The number of allylic oxidation sites excluding steroid dienone is 1. The Morgan fingerprint density at radius 2 is 1.65 bits per heavy atom. The summed E-state index contributed by atoms with van der Waals surface area (Å²) in [5.41, 5.74) is 1.47. The fraction of sp³-hybridized carbons (Fsp3) is 0.750. The molecule has 0 aliphatic carbocycles. The fourth-order valence-electron chi connectivity index (χ4n) is 1.56. The molecular weight excluding hydrogens is 239 g/mol. The average molecular weight is 260 g/mol. The maximum Gasteiger partial charge on any atom is 0.542 e. The van der Waals surface area contributed by atoms with Gasteiger partial charge in [-0.05, 0) is 37.2 Å². The van der Waals surface area contributed by atoms with Crippen molar-refractivity contribution in [2.24, 2.45) is 0 Å². The van der Waals surface area contributed by atoms with Gasteiger partial charge in [-0.25, -0.2) is 9.32 Å². The highest BCUT2D eigenvalue weighted by molar-refractivity contribution is 7.31. The molecule has 0 N–H and O–H groups in total. The molecule has 0 rings (SSSR count). The smallest absolute Gasteiger partial charge is 0.542 e. The van der Waals surface area contributed by atoms with E-state index in [0.717, 1.165) is 44.1 Å². The third kappa shape index (κ3) is 7.24. The molecule has 0 aromatic heterocycles. The number of carbonyl (C=O) groups is 1. The van der Waals surface area contributed by atoms with Crippen LogP contribution in [0.15, 0.2) is 11.1 Å². The third-order valence-electron chi connectivity index (χ3n) is 2.66. The lowest BCUT2D eigenvalue weighted by molar-refractivity contribution is -0.187. The summed E-state index contributed by atoms with van der Waals surface area (Å²) in [4.78, 5) is 21.8. The minimum atomic E-state index is -3.11. The van der Waals surface area contributed by atoms with Crippen LogP contribution in [0.1, 0.15) is 59.3 Å². The molecule has 0 aliphatic heterocycles. The first-order chi connectivity index (χ1) is 8.02. The van der Waals surface area contributed by atoms with Crippen LogP contribution in [0, 0.1) is 0 Å². The van der Waals surface area contributed by atoms with Gasteiger partial charge in [0.2, 0.25) is 0 Å². The van der Waals surface area contributed by atoms with E-state index in [0.29, 0.717) is 5.57 Å². The molecule has 0 amide bonds. The highest BCUT2D eigenvalue weighted by atomic mass is 31.1. The summed E-state index contributed by atoms with van der Waals surface area (Å²) >= 11 is 0. The van der Waals surface area contributed by atoms with E-state index < -0.39 is 14.2 Å². The molecule has 1 atom stereocenters. The zero-order valence-electron chi connectivity index (χ0n) is 10.8.